The molecule has 0 radical (unpaired) electrons. The fraction of sp³-hybridized carbons (Fsp3) is 0.185. The lowest BCUT2D eigenvalue weighted by Gasteiger charge is -2.18. The maximum absolute atomic E-state index is 13.3. The Morgan fingerprint density at radius 3 is 2.25 bits per heavy atom. The number of carbonyl (C=O) groups excluding carboxylic acids is 3. The molecule has 9 heteroatoms. The first-order valence-corrected chi connectivity index (χ1v) is 12.1. The van der Waals surface area contributed by atoms with Crippen molar-refractivity contribution in [2.24, 2.45) is 0 Å². The van der Waals surface area contributed by atoms with E-state index < -0.39 is 23.1 Å². The van der Waals surface area contributed by atoms with Crippen LogP contribution in [-0.4, -0.2) is 35.5 Å². The first-order valence-electron chi connectivity index (χ1n) is 11.3. The molecule has 0 aromatic heterocycles. The highest BCUT2D eigenvalue weighted by Crippen LogP contribution is 2.37. The molecule has 8 nitrogen and oxygen atoms in total. The van der Waals surface area contributed by atoms with Gasteiger partial charge in [-0.1, -0.05) is 36.4 Å². The number of ether oxygens (including phenoxy) is 1. The summed E-state index contributed by atoms with van der Waals surface area (Å²) in [5.41, 5.74) is 2.23. The van der Waals surface area contributed by atoms with Gasteiger partial charge in [0.15, 0.2) is 0 Å². The number of benzene rings is 3. The zero-order chi connectivity index (χ0) is 25.9. The SMILES string of the molecule is CCOC(=O)c1ccc(NC(=O)C(Sc2cccc(NC(=O)CCC(=O)O)c2)c2ccccc2)cc1. The average molecular weight is 507 g/mol. The molecular formula is C27H26N2O6S. The summed E-state index contributed by atoms with van der Waals surface area (Å²) < 4.78 is 4.99. The van der Waals surface area contributed by atoms with E-state index in [1.165, 1.54) is 11.8 Å². The number of aliphatic carboxylic acids is 1. The first-order chi connectivity index (χ1) is 17.4. The van der Waals surface area contributed by atoms with E-state index in [1.54, 1.807) is 49.4 Å². The predicted molar refractivity (Wildman–Crippen MR) is 138 cm³/mol. The van der Waals surface area contributed by atoms with Gasteiger partial charge in [-0.15, -0.1) is 11.8 Å². The number of thioether (sulfide) groups is 1. The fourth-order valence-electron chi connectivity index (χ4n) is 3.24. The second kappa shape index (κ2) is 13.1. The van der Waals surface area contributed by atoms with E-state index in [1.807, 2.05) is 36.4 Å². The molecule has 0 spiro atoms. The highest BCUT2D eigenvalue weighted by atomic mass is 32.2. The maximum atomic E-state index is 13.3. The van der Waals surface area contributed by atoms with Crippen molar-refractivity contribution in [3.8, 4) is 0 Å². The summed E-state index contributed by atoms with van der Waals surface area (Å²) in [5.74, 6) is -2.13. The average Bonchev–Trinajstić information content (AvgIpc) is 2.87. The third kappa shape index (κ3) is 7.99. The van der Waals surface area contributed by atoms with Crippen LogP contribution in [0.4, 0.5) is 11.4 Å². The minimum absolute atomic E-state index is 0.128. The summed E-state index contributed by atoms with van der Waals surface area (Å²) in [6, 6.07) is 22.8. The summed E-state index contributed by atoms with van der Waals surface area (Å²) in [6.07, 6.45) is -0.381. The second-order valence-corrected chi connectivity index (χ2v) is 8.84. The Kier molecular flexibility index (Phi) is 9.64. The van der Waals surface area contributed by atoms with Gasteiger partial charge in [-0.05, 0) is 55.0 Å². The van der Waals surface area contributed by atoms with Crippen molar-refractivity contribution in [3.05, 3.63) is 90.0 Å². The summed E-state index contributed by atoms with van der Waals surface area (Å²) in [5, 5.41) is 13.7. The summed E-state index contributed by atoms with van der Waals surface area (Å²) in [4.78, 5) is 48.6. The topological polar surface area (TPSA) is 122 Å². The quantitative estimate of drug-likeness (QED) is 0.243. The number of hydrogen-bond acceptors (Lipinski definition) is 6. The third-order valence-electron chi connectivity index (χ3n) is 4.94. The summed E-state index contributed by atoms with van der Waals surface area (Å²) >= 11 is 1.31. The molecule has 0 aliphatic carbocycles. The van der Waals surface area contributed by atoms with Crippen LogP contribution in [0.15, 0.2) is 83.8 Å². The third-order valence-corrected chi connectivity index (χ3v) is 6.19. The molecule has 0 aliphatic heterocycles. The van der Waals surface area contributed by atoms with Crippen LogP contribution in [0.5, 0.6) is 0 Å². The minimum atomic E-state index is -1.04. The van der Waals surface area contributed by atoms with Gasteiger partial charge < -0.3 is 20.5 Å². The Labute approximate surface area is 213 Å². The number of nitrogens with one attached hydrogen (secondary N) is 2. The van der Waals surface area contributed by atoms with Crippen LogP contribution in [0.25, 0.3) is 0 Å². The van der Waals surface area contributed by atoms with Crippen LogP contribution in [0.1, 0.15) is 40.9 Å². The Bertz CT molecular complexity index is 1210. The van der Waals surface area contributed by atoms with Gasteiger partial charge in [0, 0.05) is 22.7 Å². The van der Waals surface area contributed by atoms with Crippen molar-refractivity contribution in [2.75, 3.05) is 17.2 Å². The molecule has 0 heterocycles. The monoisotopic (exact) mass is 506 g/mol. The van der Waals surface area contributed by atoms with Crippen molar-refractivity contribution < 1.29 is 29.0 Å². The van der Waals surface area contributed by atoms with Crippen LogP contribution in [0, 0.1) is 0 Å². The van der Waals surface area contributed by atoms with Crippen LogP contribution in [-0.2, 0) is 19.1 Å². The summed E-state index contributed by atoms with van der Waals surface area (Å²) in [7, 11) is 0. The number of anilines is 2. The highest BCUT2D eigenvalue weighted by Gasteiger charge is 2.22. The molecule has 0 bridgehead atoms. The van der Waals surface area contributed by atoms with Gasteiger partial charge >= 0.3 is 11.9 Å². The molecule has 0 saturated heterocycles. The Hall–Kier alpha value is -4.11. The second-order valence-electron chi connectivity index (χ2n) is 7.67. The molecule has 1 unspecified atom stereocenters. The van der Waals surface area contributed by atoms with E-state index in [0.717, 1.165) is 10.5 Å². The first kappa shape index (κ1) is 26.5. The van der Waals surface area contributed by atoms with Crippen LogP contribution >= 0.6 is 11.8 Å². The van der Waals surface area contributed by atoms with Gasteiger partial charge in [-0.3, -0.25) is 14.4 Å². The largest absolute Gasteiger partial charge is 0.481 e. The number of carboxylic acids is 1. The van der Waals surface area contributed by atoms with Gasteiger partial charge in [-0.2, -0.15) is 0 Å². The van der Waals surface area contributed by atoms with Gasteiger partial charge in [-0.25, -0.2) is 4.79 Å². The number of esters is 1. The standard InChI is InChI=1S/C27H26N2O6S/c1-2-35-27(34)19-11-13-20(14-12-19)29-26(33)25(18-7-4-3-5-8-18)36-22-10-6-9-21(17-22)28-23(30)15-16-24(31)32/h3-14,17,25H,2,15-16H2,1H3,(H,28,30)(H,29,33)(H,31,32). The lowest BCUT2D eigenvalue weighted by Crippen LogP contribution is -2.19. The van der Waals surface area contributed by atoms with E-state index >= 15 is 0 Å². The Morgan fingerprint density at radius 2 is 1.58 bits per heavy atom. The Morgan fingerprint density at radius 1 is 0.861 bits per heavy atom. The molecule has 3 aromatic rings. The number of carbonyl (C=O) groups is 4. The van der Waals surface area contributed by atoms with Gasteiger partial charge in [0.1, 0.15) is 5.25 Å². The van der Waals surface area contributed by atoms with Crippen LogP contribution in [0.2, 0.25) is 0 Å². The van der Waals surface area contributed by atoms with Crippen LogP contribution < -0.4 is 10.6 Å². The zero-order valence-corrected chi connectivity index (χ0v) is 20.4. The molecule has 1 atom stereocenters. The Balaban J connectivity index is 1.75. The number of amides is 2. The van der Waals surface area contributed by atoms with E-state index in [0.29, 0.717) is 16.9 Å². The molecule has 0 aliphatic rings. The van der Waals surface area contributed by atoms with Crippen LogP contribution in [0.3, 0.4) is 0 Å². The fourth-order valence-corrected chi connectivity index (χ4v) is 4.32. The summed E-state index contributed by atoms with van der Waals surface area (Å²) in [6.45, 7) is 2.01. The maximum Gasteiger partial charge on any atom is 0.338 e. The van der Waals surface area contributed by atoms with E-state index in [-0.39, 0.29) is 25.4 Å². The zero-order valence-electron chi connectivity index (χ0n) is 19.6. The molecule has 0 fully saturated rings. The molecular weight excluding hydrogens is 480 g/mol. The number of hydrogen-bond donors (Lipinski definition) is 3. The molecule has 2 amide bonds. The van der Waals surface area contributed by atoms with Crippen molar-refractivity contribution in [3.63, 3.8) is 0 Å². The molecule has 3 aromatic carbocycles. The van der Waals surface area contributed by atoms with Crippen molar-refractivity contribution in [1.82, 2.24) is 0 Å². The van der Waals surface area contributed by atoms with Gasteiger partial charge in [0.25, 0.3) is 0 Å². The van der Waals surface area contributed by atoms with Crippen molar-refractivity contribution in [2.45, 2.75) is 29.9 Å². The highest BCUT2D eigenvalue weighted by molar-refractivity contribution is 8.00. The number of rotatable bonds is 11. The molecule has 0 saturated carbocycles. The minimum Gasteiger partial charge on any atom is -0.481 e. The lowest BCUT2D eigenvalue weighted by atomic mass is 10.1. The molecule has 36 heavy (non-hydrogen) atoms. The smallest absolute Gasteiger partial charge is 0.338 e. The normalized spacial score (nSPS) is 11.2. The number of carboxylic acid groups (broad SMARTS) is 1. The molecule has 186 valence electrons. The molecule has 3 rings (SSSR count). The van der Waals surface area contributed by atoms with Crippen molar-refractivity contribution in [1.29, 1.82) is 0 Å². The molecule has 3 N–H and O–H groups in total. The predicted octanol–water partition coefficient (Wildman–Crippen LogP) is 5.14. The van der Waals surface area contributed by atoms with Gasteiger partial charge in [0.05, 0.1) is 18.6 Å². The van der Waals surface area contributed by atoms with Gasteiger partial charge in [0.2, 0.25) is 11.8 Å². The van der Waals surface area contributed by atoms with Crippen molar-refractivity contribution >= 4 is 46.9 Å². The van der Waals surface area contributed by atoms with E-state index in [2.05, 4.69) is 10.6 Å². The van der Waals surface area contributed by atoms with E-state index in [9.17, 15) is 19.2 Å². The lowest BCUT2D eigenvalue weighted by molar-refractivity contribution is -0.138. The van der Waals surface area contributed by atoms with E-state index in [4.69, 9.17) is 9.84 Å².